The maximum Gasteiger partial charge on any atom is 0.261 e. The fraction of sp³-hybridized carbons (Fsp3) is 0.406. The normalized spacial score (nSPS) is 15.2. The molecule has 1 saturated heterocycles. The molecule has 1 aromatic heterocycles. The summed E-state index contributed by atoms with van der Waals surface area (Å²) in [5.74, 6) is 1.13. The van der Waals surface area contributed by atoms with E-state index in [1.165, 1.54) is 0 Å². The van der Waals surface area contributed by atoms with Crippen LogP contribution in [0.2, 0.25) is 0 Å². The fourth-order valence-electron chi connectivity index (χ4n) is 4.74. The lowest BCUT2D eigenvalue weighted by atomic mass is 10.1. The second-order valence-electron chi connectivity index (χ2n) is 10.1. The summed E-state index contributed by atoms with van der Waals surface area (Å²) in [6.07, 6.45) is 5.15. The molecule has 8 nitrogen and oxygen atoms in total. The van der Waals surface area contributed by atoms with Crippen LogP contribution in [0.4, 0.5) is 0 Å². The summed E-state index contributed by atoms with van der Waals surface area (Å²) in [5, 5.41) is 6.34. The highest BCUT2D eigenvalue weighted by Gasteiger charge is 2.31. The first-order valence-corrected chi connectivity index (χ1v) is 14.2. The molecule has 1 fully saturated rings. The lowest BCUT2D eigenvalue weighted by Crippen LogP contribution is -2.49. The van der Waals surface area contributed by atoms with Gasteiger partial charge in [0.15, 0.2) is 6.61 Å². The van der Waals surface area contributed by atoms with Crippen molar-refractivity contribution in [1.29, 1.82) is 0 Å². The van der Waals surface area contributed by atoms with Crippen molar-refractivity contribution in [3.63, 3.8) is 0 Å². The maximum atomic E-state index is 13.5. The van der Waals surface area contributed by atoms with Gasteiger partial charge >= 0.3 is 0 Å². The van der Waals surface area contributed by atoms with Gasteiger partial charge in [-0.1, -0.05) is 37.3 Å². The third-order valence-corrected chi connectivity index (χ3v) is 6.90. The number of aryl methyl sites for hydroxylation is 1. The van der Waals surface area contributed by atoms with Crippen molar-refractivity contribution < 1.29 is 19.1 Å². The number of hydrogen-bond donors (Lipinski definition) is 2. The average molecular weight is 545 g/mol. The topological polar surface area (TPSA) is 92.8 Å². The van der Waals surface area contributed by atoms with E-state index in [-0.39, 0.29) is 18.4 Å². The fourth-order valence-corrected chi connectivity index (χ4v) is 4.74. The molecule has 1 aliphatic rings. The molecule has 2 aromatic carbocycles. The number of aromatic nitrogens is 1. The molecule has 1 unspecified atom stereocenters. The van der Waals surface area contributed by atoms with Crippen molar-refractivity contribution >= 4 is 11.8 Å². The molecule has 0 spiro atoms. The molecule has 1 atom stereocenters. The van der Waals surface area contributed by atoms with E-state index in [0.717, 1.165) is 47.4 Å². The van der Waals surface area contributed by atoms with E-state index in [1.807, 2.05) is 67.6 Å². The van der Waals surface area contributed by atoms with Crippen LogP contribution in [-0.2, 0) is 29.2 Å². The van der Waals surface area contributed by atoms with Crippen LogP contribution in [0, 0.1) is 6.92 Å². The van der Waals surface area contributed by atoms with E-state index in [4.69, 9.17) is 9.47 Å². The summed E-state index contributed by atoms with van der Waals surface area (Å²) in [4.78, 5) is 32.4. The van der Waals surface area contributed by atoms with Crippen molar-refractivity contribution in [2.75, 3.05) is 19.8 Å². The van der Waals surface area contributed by atoms with Gasteiger partial charge in [0.25, 0.3) is 5.91 Å². The second-order valence-corrected chi connectivity index (χ2v) is 10.1. The highest BCUT2D eigenvalue weighted by molar-refractivity contribution is 5.88. The Morgan fingerprint density at radius 2 is 1.88 bits per heavy atom. The van der Waals surface area contributed by atoms with E-state index in [0.29, 0.717) is 45.0 Å². The van der Waals surface area contributed by atoms with Gasteiger partial charge in [0.2, 0.25) is 5.91 Å². The van der Waals surface area contributed by atoms with Gasteiger partial charge < -0.3 is 25.0 Å². The highest BCUT2D eigenvalue weighted by atomic mass is 16.5. The quantitative estimate of drug-likeness (QED) is 0.328. The van der Waals surface area contributed by atoms with Crippen molar-refractivity contribution in [3.8, 4) is 11.5 Å². The Hall–Kier alpha value is -3.91. The summed E-state index contributed by atoms with van der Waals surface area (Å²) in [6, 6.07) is 19.0. The van der Waals surface area contributed by atoms with Gasteiger partial charge in [0.1, 0.15) is 17.5 Å². The SMILES string of the molecule is CCCOc1ccc(CN(C(=O)COc2ccc(CNCc3ccccn3)cc2)C2CCCCNC2=O)cc1C. The van der Waals surface area contributed by atoms with E-state index in [9.17, 15) is 9.59 Å². The van der Waals surface area contributed by atoms with Crippen LogP contribution in [0.5, 0.6) is 11.5 Å². The van der Waals surface area contributed by atoms with E-state index < -0.39 is 6.04 Å². The molecule has 2 heterocycles. The number of carbonyl (C=O) groups is 2. The number of nitrogens with zero attached hydrogens (tertiary/aromatic N) is 2. The zero-order chi connectivity index (χ0) is 28.2. The Kier molecular flexibility index (Phi) is 10.9. The summed E-state index contributed by atoms with van der Waals surface area (Å²) in [5.41, 5.74) is 4.06. The minimum atomic E-state index is -0.525. The predicted molar refractivity (Wildman–Crippen MR) is 155 cm³/mol. The maximum absolute atomic E-state index is 13.5. The van der Waals surface area contributed by atoms with Gasteiger partial charge in [-0.05, 0) is 79.6 Å². The monoisotopic (exact) mass is 544 g/mol. The average Bonchev–Trinajstić information content (AvgIpc) is 3.19. The number of hydrogen-bond acceptors (Lipinski definition) is 6. The van der Waals surface area contributed by atoms with Gasteiger partial charge in [-0.2, -0.15) is 0 Å². The van der Waals surface area contributed by atoms with Gasteiger partial charge in [-0.15, -0.1) is 0 Å². The number of nitrogens with one attached hydrogen (secondary N) is 2. The molecule has 0 aliphatic carbocycles. The molecule has 2 N–H and O–H groups in total. The first-order valence-electron chi connectivity index (χ1n) is 14.2. The zero-order valence-corrected chi connectivity index (χ0v) is 23.5. The van der Waals surface area contributed by atoms with Crippen LogP contribution in [0.1, 0.15) is 55.0 Å². The molecule has 2 amide bonds. The summed E-state index contributed by atoms with van der Waals surface area (Å²) >= 11 is 0. The number of pyridine rings is 1. The molecule has 0 bridgehead atoms. The van der Waals surface area contributed by atoms with Crippen LogP contribution in [0.3, 0.4) is 0 Å². The number of rotatable bonds is 13. The van der Waals surface area contributed by atoms with E-state index in [2.05, 4.69) is 22.5 Å². The first-order chi connectivity index (χ1) is 19.5. The summed E-state index contributed by atoms with van der Waals surface area (Å²) in [6.45, 7) is 6.94. The predicted octanol–water partition coefficient (Wildman–Crippen LogP) is 4.54. The van der Waals surface area contributed by atoms with Gasteiger partial charge in [0.05, 0.1) is 12.3 Å². The van der Waals surface area contributed by atoms with Gasteiger partial charge in [-0.25, -0.2) is 0 Å². The standard InChI is InChI=1S/C32H40N4O4/c1-3-18-39-30-15-12-26(19-24(30)2)22-36(29-9-5-7-17-35-32(29)38)31(37)23-40-28-13-10-25(11-14-28)20-33-21-27-8-4-6-16-34-27/h4,6,8,10-16,19,29,33H,3,5,7,9,17-18,20-23H2,1-2H3,(H,35,38). The third kappa shape index (κ3) is 8.55. The molecule has 8 heteroatoms. The Morgan fingerprint density at radius 3 is 2.62 bits per heavy atom. The first kappa shape index (κ1) is 29.1. The third-order valence-electron chi connectivity index (χ3n) is 6.90. The molecule has 212 valence electrons. The minimum Gasteiger partial charge on any atom is -0.493 e. The van der Waals surface area contributed by atoms with Crippen molar-refractivity contribution in [1.82, 2.24) is 20.5 Å². The minimum absolute atomic E-state index is 0.104. The Labute approximate surface area is 237 Å². The molecule has 1 aliphatic heterocycles. The molecule has 4 rings (SSSR count). The molecular weight excluding hydrogens is 504 g/mol. The number of ether oxygens (including phenoxy) is 2. The lowest BCUT2D eigenvalue weighted by Gasteiger charge is -2.30. The van der Waals surface area contributed by atoms with Crippen molar-refractivity contribution in [2.24, 2.45) is 0 Å². The Morgan fingerprint density at radius 1 is 1.05 bits per heavy atom. The van der Waals surface area contributed by atoms with Crippen LogP contribution in [0.25, 0.3) is 0 Å². The smallest absolute Gasteiger partial charge is 0.261 e. The molecule has 40 heavy (non-hydrogen) atoms. The molecular formula is C32H40N4O4. The molecule has 3 aromatic rings. The van der Waals surface area contributed by atoms with Gasteiger partial charge in [-0.3, -0.25) is 14.6 Å². The van der Waals surface area contributed by atoms with Crippen LogP contribution >= 0.6 is 0 Å². The van der Waals surface area contributed by atoms with Gasteiger partial charge in [0, 0.05) is 32.4 Å². The van der Waals surface area contributed by atoms with Crippen LogP contribution in [-0.4, -0.2) is 47.5 Å². The number of carbonyl (C=O) groups excluding carboxylic acids is 2. The zero-order valence-electron chi connectivity index (χ0n) is 23.5. The number of amides is 2. The highest BCUT2D eigenvalue weighted by Crippen LogP contribution is 2.23. The molecule has 0 saturated carbocycles. The Bertz CT molecular complexity index is 1230. The largest absolute Gasteiger partial charge is 0.493 e. The van der Waals surface area contributed by atoms with E-state index >= 15 is 0 Å². The van der Waals surface area contributed by atoms with Crippen LogP contribution in [0.15, 0.2) is 66.9 Å². The summed E-state index contributed by atoms with van der Waals surface area (Å²) in [7, 11) is 0. The number of benzene rings is 2. The summed E-state index contributed by atoms with van der Waals surface area (Å²) < 4.78 is 11.7. The molecule has 0 radical (unpaired) electrons. The van der Waals surface area contributed by atoms with Crippen molar-refractivity contribution in [2.45, 2.75) is 65.2 Å². The lowest BCUT2D eigenvalue weighted by molar-refractivity contribution is -0.142. The van der Waals surface area contributed by atoms with E-state index in [1.54, 1.807) is 11.1 Å². The van der Waals surface area contributed by atoms with Crippen LogP contribution < -0.4 is 20.1 Å². The second kappa shape index (κ2) is 15.0. The van der Waals surface area contributed by atoms with Crippen molar-refractivity contribution in [3.05, 3.63) is 89.2 Å². The Balaban J connectivity index is 1.37.